The van der Waals surface area contributed by atoms with E-state index in [4.69, 9.17) is 0 Å². The lowest BCUT2D eigenvalue weighted by molar-refractivity contribution is -0.149. The van der Waals surface area contributed by atoms with Crippen molar-refractivity contribution in [3.63, 3.8) is 0 Å². The fourth-order valence-corrected chi connectivity index (χ4v) is 5.20. The number of aromatic nitrogens is 2. The van der Waals surface area contributed by atoms with Crippen LogP contribution < -0.4 is 5.32 Å². The van der Waals surface area contributed by atoms with Gasteiger partial charge in [0.15, 0.2) is 4.34 Å². The minimum atomic E-state index is -1.16. The first-order valence-corrected chi connectivity index (χ1v) is 8.43. The lowest BCUT2D eigenvalue weighted by Gasteiger charge is -2.48. The van der Waals surface area contributed by atoms with Crippen LogP contribution in [0.2, 0.25) is 0 Å². The van der Waals surface area contributed by atoms with E-state index in [-0.39, 0.29) is 11.1 Å². The molecule has 0 aliphatic carbocycles. The van der Waals surface area contributed by atoms with E-state index in [1.807, 2.05) is 0 Å². The summed E-state index contributed by atoms with van der Waals surface area (Å²) in [6.45, 7) is 0. The van der Waals surface area contributed by atoms with E-state index in [0.29, 0.717) is 21.4 Å². The van der Waals surface area contributed by atoms with Crippen LogP contribution in [0.25, 0.3) is 0 Å². The second-order valence-electron chi connectivity index (χ2n) is 4.06. The first kappa shape index (κ1) is 14.4. The molecule has 3 rings (SSSR count). The van der Waals surface area contributed by atoms with Gasteiger partial charge in [-0.3, -0.25) is 14.5 Å². The van der Waals surface area contributed by atoms with E-state index >= 15 is 0 Å². The Bertz CT molecular complexity index is 632. The molecule has 3 heterocycles. The normalized spacial score (nSPS) is 24.4. The van der Waals surface area contributed by atoms with Gasteiger partial charge in [-0.05, 0) is 0 Å². The summed E-state index contributed by atoms with van der Waals surface area (Å²) < 4.78 is 0.623. The lowest BCUT2D eigenvalue weighted by atomic mass is 10.1. The molecule has 0 bridgehead atoms. The van der Waals surface area contributed by atoms with Crippen LogP contribution in [0.4, 0.5) is 0 Å². The van der Waals surface area contributed by atoms with Crippen molar-refractivity contribution in [3.8, 4) is 0 Å². The van der Waals surface area contributed by atoms with Crippen LogP contribution in [0.1, 0.15) is 0 Å². The standard InChI is InChI=1S/C10H8N4O4S3/c15-2-11-5-7(16)14-6(9(17)18)4(1-19-8(5)14)21-10-13-12-3-20-10/h2-3,5,8H,1H2,(H,11,15)(H,17,18)/t5-,8+/m1/s1. The highest BCUT2D eigenvalue weighted by Crippen LogP contribution is 2.45. The molecule has 2 aliphatic heterocycles. The fraction of sp³-hybridized carbons (Fsp3) is 0.300. The van der Waals surface area contributed by atoms with E-state index in [0.717, 1.165) is 0 Å². The first-order chi connectivity index (χ1) is 10.1. The predicted octanol–water partition coefficient (Wildman–Crippen LogP) is -0.0439. The van der Waals surface area contributed by atoms with Gasteiger partial charge in [-0.15, -0.1) is 22.0 Å². The van der Waals surface area contributed by atoms with Gasteiger partial charge in [0.05, 0.1) is 0 Å². The summed E-state index contributed by atoms with van der Waals surface area (Å²) in [4.78, 5) is 35.8. The maximum Gasteiger partial charge on any atom is 0.353 e. The van der Waals surface area contributed by atoms with Crippen LogP contribution in [0.5, 0.6) is 0 Å². The number of nitrogens with zero attached hydrogens (tertiary/aromatic N) is 3. The number of carbonyl (C=O) groups is 3. The van der Waals surface area contributed by atoms with E-state index < -0.39 is 17.9 Å². The second-order valence-corrected chi connectivity index (χ2v) is 7.34. The first-order valence-electron chi connectivity index (χ1n) is 5.68. The Kier molecular flexibility index (Phi) is 3.87. The molecule has 21 heavy (non-hydrogen) atoms. The number of carboxylic acid groups (broad SMARTS) is 1. The molecule has 0 saturated carbocycles. The molecule has 2 N–H and O–H groups in total. The lowest BCUT2D eigenvalue weighted by Crippen LogP contribution is -2.69. The number of rotatable bonds is 5. The van der Waals surface area contributed by atoms with Gasteiger partial charge in [-0.25, -0.2) is 4.79 Å². The molecule has 1 aromatic heterocycles. The summed E-state index contributed by atoms with van der Waals surface area (Å²) in [6, 6.07) is -0.657. The third kappa shape index (κ3) is 2.40. The Labute approximate surface area is 131 Å². The zero-order chi connectivity index (χ0) is 15.0. The van der Waals surface area contributed by atoms with Crippen molar-refractivity contribution in [1.29, 1.82) is 0 Å². The number of carboxylic acids is 1. The molecule has 0 radical (unpaired) electrons. The van der Waals surface area contributed by atoms with Crippen LogP contribution in [0.15, 0.2) is 20.5 Å². The smallest absolute Gasteiger partial charge is 0.353 e. The van der Waals surface area contributed by atoms with Gasteiger partial charge in [0.1, 0.15) is 22.6 Å². The van der Waals surface area contributed by atoms with Crippen molar-refractivity contribution in [3.05, 3.63) is 16.1 Å². The van der Waals surface area contributed by atoms with Gasteiger partial charge < -0.3 is 10.4 Å². The molecule has 2 aliphatic rings. The fourth-order valence-electron chi connectivity index (χ4n) is 2.08. The number of hydrogen-bond donors (Lipinski definition) is 2. The highest BCUT2D eigenvalue weighted by atomic mass is 32.2. The van der Waals surface area contributed by atoms with E-state index in [9.17, 15) is 19.5 Å². The molecule has 1 aromatic rings. The maximum absolute atomic E-state index is 12.0. The maximum atomic E-state index is 12.0. The van der Waals surface area contributed by atoms with E-state index in [1.54, 1.807) is 5.51 Å². The minimum absolute atomic E-state index is 0.0344. The van der Waals surface area contributed by atoms with Crippen molar-refractivity contribution >= 4 is 53.1 Å². The van der Waals surface area contributed by atoms with Crippen LogP contribution in [0, 0.1) is 0 Å². The van der Waals surface area contributed by atoms with Crippen molar-refractivity contribution in [2.75, 3.05) is 5.75 Å². The number of hydrogen-bond acceptors (Lipinski definition) is 8. The molecule has 8 nitrogen and oxygen atoms in total. The van der Waals surface area contributed by atoms with Gasteiger partial charge in [0.2, 0.25) is 6.41 Å². The van der Waals surface area contributed by atoms with Gasteiger partial charge in [0.25, 0.3) is 5.91 Å². The molecular weight excluding hydrogens is 336 g/mol. The Hall–Kier alpha value is -1.59. The van der Waals surface area contributed by atoms with Gasteiger partial charge in [-0.1, -0.05) is 23.1 Å². The zero-order valence-electron chi connectivity index (χ0n) is 10.3. The second kappa shape index (κ2) is 5.66. The Morgan fingerprint density at radius 1 is 1.62 bits per heavy atom. The monoisotopic (exact) mass is 344 g/mol. The predicted molar refractivity (Wildman–Crippen MR) is 76.5 cm³/mol. The minimum Gasteiger partial charge on any atom is -0.477 e. The summed E-state index contributed by atoms with van der Waals surface area (Å²) >= 11 is 3.92. The van der Waals surface area contributed by atoms with Gasteiger partial charge >= 0.3 is 5.97 Å². The van der Waals surface area contributed by atoms with Crippen LogP contribution >= 0.6 is 34.9 Å². The molecule has 1 fully saturated rings. The summed E-state index contributed by atoms with van der Waals surface area (Å²) in [5, 5.41) is 19.0. The molecule has 0 aromatic carbocycles. The molecule has 2 amide bonds. The highest BCUT2D eigenvalue weighted by molar-refractivity contribution is 8.07. The number of aliphatic carboxylic acids is 1. The molecular formula is C10H8N4O4S3. The number of thioether (sulfide) groups is 2. The number of nitrogens with one attached hydrogen (secondary N) is 1. The quantitative estimate of drug-likeness (QED) is 0.565. The third-order valence-corrected chi connectivity index (χ3v) is 6.26. The van der Waals surface area contributed by atoms with Crippen LogP contribution in [-0.2, 0) is 14.4 Å². The van der Waals surface area contributed by atoms with Gasteiger partial charge in [0, 0.05) is 10.7 Å². The SMILES string of the molecule is O=CN[C@@H]1C(=O)N2C(C(=O)O)=C(Sc3nncs3)CS[C@@H]12. The van der Waals surface area contributed by atoms with E-state index in [1.165, 1.54) is 39.8 Å². The third-order valence-electron chi connectivity index (χ3n) is 2.93. The number of β-lactam (4-membered cyclic amide) rings is 1. The summed E-state index contributed by atoms with van der Waals surface area (Å²) in [6.07, 6.45) is 0.454. The Morgan fingerprint density at radius 2 is 2.43 bits per heavy atom. The van der Waals surface area contributed by atoms with Crippen molar-refractivity contribution in [2.24, 2.45) is 0 Å². The largest absolute Gasteiger partial charge is 0.477 e. The zero-order valence-corrected chi connectivity index (χ0v) is 12.7. The molecule has 1 saturated heterocycles. The molecule has 2 atom stereocenters. The van der Waals surface area contributed by atoms with E-state index in [2.05, 4.69) is 15.5 Å². The van der Waals surface area contributed by atoms with Crippen molar-refractivity contribution in [2.45, 2.75) is 15.8 Å². The number of carbonyl (C=O) groups excluding carboxylic acids is 2. The van der Waals surface area contributed by atoms with Gasteiger partial charge in [-0.2, -0.15) is 0 Å². The Morgan fingerprint density at radius 3 is 3.05 bits per heavy atom. The Balaban J connectivity index is 1.90. The topological polar surface area (TPSA) is 112 Å². The summed E-state index contributed by atoms with van der Waals surface area (Å²) in [7, 11) is 0. The molecule has 110 valence electrons. The van der Waals surface area contributed by atoms with Crippen LogP contribution in [0.3, 0.4) is 0 Å². The summed E-state index contributed by atoms with van der Waals surface area (Å²) in [5.74, 6) is -1.13. The summed E-state index contributed by atoms with van der Waals surface area (Å²) in [5.41, 5.74) is 1.52. The van der Waals surface area contributed by atoms with Crippen molar-refractivity contribution in [1.82, 2.24) is 20.4 Å². The molecule has 0 unspecified atom stereocenters. The number of fused-ring (bicyclic) bond motifs is 1. The average Bonchev–Trinajstić information content (AvgIpc) is 2.97. The van der Waals surface area contributed by atoms with Crippen LogP contribution in [-0.4, -0.2) is 55.7 Å². The molecule has 0 spiro atoms. The highest BCUT2D eigenvalue weighted by Gasteiger charge is 2.53. The molecule has 11 heteroatoms. The van der Waals surface area contributed by atoms with Crippen molar-refractivity contribution < 1.29 is 19.5 Å². The number of amides is 2. The average molecular weight is 344 g/mol.